The molecule has 0 aliphatic carbocycles. The van der Waals surface area contributed by atoms with Crippen molar-refractivity contribution in [3.63, 3.8) is 0 Å². The highest BCUT2D eigenvalue weighted by atomic mass is 16.6. The van der Waals surface area contributed by atoms with E-state index in [4.69, 9.17) is 10.5 Å². The molecule has 0 fully saturated rings. The van der Waals surface area contributed by atoms with E-state index in [1.807, 2.05) is 0 Å². The van der Waals surface area contributed by atoms with Crippen molar-refractivity contribution in [2.75, 3.05) is 5.32 Å². The first-order valence-corrected chi connectivity index (χ1v) is 6.36. The summed E-state index contributed by atoms with van der Waals surface area (Å²) in [6.07, 6.45) is -1.00. The van der Waals surface area contributed by atoms with Crippen LogP contribution in [0.4, 0.5) is 11.4 Å². The number of nitro benzene ring substituents is 1. The Kier molecular flexibility index (Phi) is 3.60. The molecule has 1 aliphatic heterocycles. The molecule has 0 radical (unpaired) electrons. The Bertz CT molecular complexity index is 614. The van der Waals surface area contributed by atoms with Crippen LogP contribution in [0.15, 0.2) is 12.1 Å². The second-order valence-corrected chi connectivity index (χ2v) is 5.52. The Morgan fingerprint density at radius 3 is 2.67 bits per heavy atom. The molecule has 8 heteroatoms. The normalized spacial score (nSPS) is 22.9. The van der Waals surface area contributed by atoms with Crippen LogP contribution in [0.3, 0.4) is 0 Å². The maximum Gasteiger partial charge on any atom is 0.293 e. The minimum atomic E-state index is -1.00. The standard InChI is InChI=1S/C13H17N3O5/c1-6(17)15-8-5-10-7(4-9(8)16(19)20)11(14)12(18)13(2,3)21-10/h4-5,11-12,18H,14H2,1-3H3,(H,15,17). The van der Waals surface area contributed by atoms with Crippen molar-refractivity contribution >= 4 is 17.3 Å². The number of carbonyl (C=O) groups is 1. The van der Waals surface area contributed by atoms with E-state index >= 15 is 0 Å². The number of benzene rings is 1. The summed E-state index contributed by atoms with van der Waals surface area (Å²) in [4.78, 5) is 21.7. The second-order valence-electron chi connectivity index (χ2n) is 5.52. The van der Waals surface area contributed by atoms with Crippen molar-refractivity contribution in [2.45, 2.75) is 38.5 Å². The Hall–Kier alpha value is -2.19. The lowest BCUT2D eigenvalue weighted by atomic mass is 9.87. The summed E-state index contributed by atoms with van der Waals surface area (Å²) in [5.74, 6) is -0.121. The fraction of sp³-hybridized carbons (Fsp3) is 0.462. The number of carbonyl (C=O) groups excluding carboxylic acids is 1. The van der Waals surface area contributed by atoms with E-state index < -0.39 is 28.6 Å². The number of aliphatic hydroxyl groups excluding tert-OH is 1. The lowest BCUT2D eigenvalue weighted by molar-refractivity contribution is -0.384. The first kappa shape index (κ1) is 15.2. The van der Waals surface area contributed by atoms with E-state index in [1.54, 1.807) is 13.8 Å². The van der Waals surface area contributed by atoms with Crippen molar-refractivity contribution in [1.82, 2.24) is 0 Å². The minimum absolute atomic E-state index is 0.0330. The number of nitrogens with zero attached hydrogens (tertiary/aromatic N) is 1. The van der Waals surface area contributed by atoms with Gasteiger partial charge in [0.05, 0.1) is 11.0 Å². The van der Waals surface area contributed by atoms with Crippen LogP contribution in [0.5, 0.6) is 5.75 Å². The van der Waals surface area contributed by atoms with Gasteiger partial charge in [0.15, 0.2) is 0 Å². The molecule has 0 saturated heterocycles. The SMILES string of the molecule is CC(=O)Nc1cc2c(cc1[N+](=O)[O-])C(N)C(O)C(C)(C)O2. The number of rotatable bonds is 2. The molecule has 2 atom stereocenters. The third kappa shape index (κ3) is 2.67. The van der Waals surface area contributed by atoms with Gasteiger partial charge in [-0.05, 0) is 13.8 Å². The molecule has 0 spiro atoms. The van der Waals surface area contributed by atoms with Gasteiger partial charge in [-0.25, -0.2) is 0 Å². The van der Waals surface area contributed by atoms with Gasteiger partial charge in [-0.15, -0.1) is 0 Å². The summed E-state index contributed by atoms with van der Waals surface area (Å²) >= 11 is 0. The summed E-state index contributed by atoms with van der Waals surface area (Å²) < 4.78 is 5.66. The van der Waals surface area contributed by atoms with Crippen molar-refractivity contribution in [3.8, 4) is 5.75 Å². The molecule has 0 saturated carbocycles. The van der Waals surface area contributed by atoms with Gasteiger partial charge in [0, 0.05) is 24.6 Å². The third-order valence-electron chi connectivity index (χ3n) is 3.42. The topological polar surface area (TPSA) is 128 Å². The summed E-state index contributed by atoms with van der Waals surface area (Å²) in [6.45, 7) is 4.59. The van der Waals surface area contributed by atoms with Gasteiger partial charge in [0.1, 0.15) is 23.1 Å². The molecule has 1 aromatic rings. The number of nitrogens with one attached hydrogen (secondary N) is 1. The van der Waals surface area contributed by atoms with Crippen LogP contribution < -0.4 is 15.8 Å². The van der Waals surface area contributed by atoms with E-state index in [9.17, 15) is 20.0 Å². The fourth-order valence-electron chi connectivity index (χ4n) is 2.32. The number of anilines is 1. The Labute approximate surface area is 121 Å². The van der Waals surface area contributed by atoms with Crippen molar-refractivity contribution in [1.29, 1.82) is 0 Å². The van der Waals surface area contributed by atoms with Gasteiger partial charge in [0.2, 0.25) is 5.91 Å². The monoisotopic (exact) mass is 295 g/mol. The van der Waals surface area contributed by atoms with E-state index in [2.05, 4.69) is 5.32 Å². The number of aliphatic hydroxyl groups is 1. The fourth-order valence-corrected chi connectivity index (χ4v) is 2.32. The first-order chi connectivity index (χ1) is 9.63. The summed E-state index contributed by atoms with van der Waals surface area (Å²) in [5, 5.41) is 23.6. The molecule has 21 heavy (non-hydrogen) atoms. The zero-order valence-corrected chi connectivity index (χ0v) is 11.9. The lowest BCUT2D eigenvalue weighted by Crippen LogP contribution is -2.51. The summed E-state index contributed by atoms with van der Waals surface area (Å²) in [6, 6.07) is 1.78. The van der Waals surface area contributed by atoms with Gasteiger partial charge in [0.25, 0.3) is 5.69 Å². The minimum Gasteiger partial charge on any atom is -0.485 e. The molecule has 4 N–H and O–H groups in total. The lowest BCUT2D eigenvalue weighted by Gasteiger charge is -2.40. The number of fused-ring (bicyclic) bond motifs is 1. The third-order valence-corrected chi connectivity index (χ3v) is 3.42. The Balaban J connectivity index is 2.59. The number of nitro groups is 1. The summed E-state index contributed by atoms with van der Waals surface area (Å²) in [7, 11) is 0. The van der Waals surface area contributed by atoms with E-state index in [-0.39, 0.29) is 11.4 Å². The average Bonchev–Trinajstić information content (AvgIpc) is 2.34. The smallest absolute Gasteiger partial charge is 0.293 e. The van der Waals surface area contributed by atoms with Gasteiger partial charge in [-0.1, -0.05) is 0 Å². The Morgan fingerprint density at radius 1 is 1.52 bits per heavy atom. The van der Waals surface area contributed by atoms with Gasteiger partial charge < -0.3 is 20.9 Å². The Morgan fingerprint density at radius 2 is 2.14 bits per heavy atom. The maximum atomic E-state index is 11.2. The van der Waals surface area contributed by atoms with Crippen LogP contribution in [0.1, 0.15) is 32.4 Å². The number of hydrogen-bond donors (Lipinski definition) is 3. The zero-order valence-electron chi connectivity index (χ0n) is 11.9. The van der Waals surface area contributed by atoms with Gasteiger partial charge in [-0.3, -0.25) is 14.9 Å². The van der Waals surface area contributed by atoms with Gasteiger partial charge >= 0.3 is 0 Å². The first-order valence-electron chi connectivity index (χ1n) is 6.36. The maximum absolute atomic E-state index is 11.2. The van der Waals surface area contributed by atoms with Crippen molar-refractivity contribution in [2.24, 2.45) is 5.73 Å². The highest BCUT2D eigenvalue weighted by Gasteiger charge is 2.42. The largest absolute Gasteiger partial charge is 0.485 e. The van der Waals surface area contributed by atoms with Crippen molar-refractivity contribution in [3.05, 3.63) is 27.8 Å². The number of hydrogen-bond acceptors (Lipinski definition) is 6. The van der Waals surface area contributed by atoms with E-state index in [0.717, 1.165) is 0 Å². The molecule has 0 aromatic heterocycles. The predicted molar refractivity (Wildman–Crippen MR) is 75.0 cm³/mol. The van der Waals surface area contributed by atoms with Crippen molar-refractivity contribution < 1.29 is 19.6 Å². The molecular formula is C13H17N3O5. The number of amides is 1. The molecule has 1 aliphatic rings. The van der Waals surface area contributed by atoms with Crippen LogP contribution in [0.2, 0.25) is 0 Å². The van der Waals surface area contributed by atoms with Crippen LogP contribution in [0.25, 0.3) is 0 Å². The van der Waals surface area contributed by atoms with E-state index in [0.29, 0.717) is 11.3 Å². The number of nitrogens with two attached hydrogens (primary N) is 1. The molecule has 114 valence electrons. The van der Waals surface area contributed by atoms with Gasteiger partial charge in [-0.2, -0.15) is 0 Å². The highest BCUT2D eigenvalue weighted by Crippen LogP contribution is 2.43. The second kappa shape index (κ2) is 4.97. The highest BCUT2D eigenvalue weighted by molar-refractivity contribution is 5.92. The molecule has 1 aromatic carbocycles. The number of ether oxygens (including phenoxy) is 1. The van der Waals surface area contributed by atoms with Crippen LogP contribution >= 0.6 is 0 Å². The molecule has 0 bridgehead atoms. The molecular weight excluding hydrogens is 278 g/mol. The molecule has 2 unspecified atom stereocenters. The molecule has 8 nitrogen and oxygen atoms in total. The van der Waals surface area contributed by atoms with Crippen LogP contribution in [-0.4, -0.2) is 27.6 Å². The quantitative estimate of drug-likeness (QED) is 0.553. The molecule has 1 amide bonds. The molecule has 2 rings (SSSR count). The zero-order chi connectivity index (χ0) is 15.9. The summed E-state index contributed by atoms with van der Waals surface area (Å²) in [5.41, 5.74) is 5.08. The molecule has 1 heterocycles. The predicted octanol–water partition coefficient (Wildman–Crippen LogP) is 1.08. The van der Waals surface area contributed by atoms with Crippen LogP contribution in [-0.2, 0) is 4.79 Å². The average molecular weight is 295 g/mol. The van der Waals surface area contributed by atoms with Crippen LogP contribution in [0, 0.1) is 10.1 Å². The van der Waals surface area contributed by atoms with E-state index in [1.165, 1.54) is 19.1 Å².